The van der Waals surface area contributed by atoms with Gasteiger partial charge in [-0.3, -0.25) is 4.79 Å². The lowest BCUT2D eigenvalue weighted by molar-refractivity contribution is -0.137. The van der Waals surface area contributed by atoms with Gasteiger partial charge in [0.05, 0.1) is 12.5 Å². The van der Waals surface area contributed by atoms with Gasteiger partial charge in [-0.1, -0.05) is 45.0 Å². The van der Waals surface area contributed by atoms with E-state index in [4.69, 9.17) is 9.84 Å². The van der Waals surface area contributed by atoms with Gasteiger partial charge in [0, 0.05) is 0 Å². The maximum Gasteiger partial charge on any atom is 0.408 e. The molecular formula is C18H27NO4. The summed E-state index contributed by atoms with van der Waals surface area (Å²) in [6, 6.07) is 7.00. The average Bonchev–Trinajstić information content (AvgIpc) is 2.34. The normalized spacial score (nSPS) is 13.3. The van der Waals surface area contributed by atoms with Crippen molar-refractivity contribution in [1.82, 2.24) is 5.32 Å². The van der Waals surface area contributed by atoms with Crippen molar-refractivity contribution in [3.8, 4) is 0 Å². The van der Waals surface area contributed by atoms with Crippen LogP contribution in [0.25, 0.3) is 0 Å². The first-order chi connectivity index (χ1) is 10.4. The first-order valence-corrected chi connectivity index (χ1v) is 7.70. The third kappa shape index (κ3) is 6.72. The van der Waals surface area contributed by atoms with E-state index in [9.17, 15) is 9.59 Å². The zero-order valence-electron chi connectivity index (χ0n) is 14.8. The molecule has 1 atom stereocenters. The van der Waals surface area contributed by atoms with Crippen LogP contribution in [0.4, 0.5) is 4.79 Å². The molecule has 0 saturated carbocycles. The molecule has 0 radical (unpaired) electrons. The molecule has 0 fully saturated rings. The minimum atomic E-state index is -0.981. The lowest BCUT2D eigenvalue weighted by Gasteiger charge is -2.24. The van der Waals surface area contributed by atoms with E-state index in [1.807, 2.05) is 24.3 Å². The minimum Gasteiger partial charge on any atom is -0.481 e. The van der Waals surface area contributed by atoms with Crippen molar-refractivity contribution in [2.45, 2.75) is 65.0 Å². The number of carboxylic acid groups (broad SMARTS) is 1. The quantitative estimate of drug-likeness (QED) is 0.878. The van der Waals surface area contributed by atoms with Gasteiger partial charge in [0.2, 0.25) is 0 Å². The molecular weight excluding hydrogens is 294 g/mol. The van der Waals surface area contributed by atoms with Gasteiger partial charge in [-0.25, -0.2) is 4.79 Å². The highest BCUT2D eigenvalue weighted by atomic mass is 16.6. The number of alkyl carbamates (subject to hydrolysis) is 1. The van der Waals surface area contributed by atoms with Gasteiger partial charge >= 0.3 is 12.1 Å². The molecule has 0 bridgehead atoms. The number of carbonyl (C=O) groups excluding carboxylic acids is 1. The van der Waals surface area contributed by atoms with E-state index in [2.05, 4.69) is 26.1 Å². The standard InChI is InChI=1S/C18H27NO4/c1-17(2,3)13-9-7-12(8-10-13)14(11-15(20)21)19-16(22)23-18(4,5)6/h7-10,14H,11H2,1-6H3,(H,19,22)(H,20,21). The van der Waals surface area contributed by atoms with Gasteiger partial charge in [0.25, 0.3) is 0 Å². The summed E-state index contributed by atoms with van der Waals surface area (Å²) in [4.78, 5) is 23.0. The van der Waals surface area contributed by atoms with Crippen molar-refractivity contribution >= 4 is 12.1 Å². The molecule has 0 aromatic heterocycles. The van der Waals surface area contributed by atoms with Crippen molar-refractivity contribution in [2.24, 2.45) is 0 Å². The average molecular weight is 321 g/mol. The van der Waals surface area contributed by atoms with Crippen LogP contribution >= 0.6 is 0 Å². The summed E-state index contributed by atoms with van der Waals surface area (Å²) in [5, 5.41) is 11.7. The molecule has 0 saturated heterocycles. The zero-order valence-corrected chi connectivity index (χ0v) is 14.8. The van der Waals surface area contributed by atoms with Crippen LogP contribution in [0.2, 0.25) is 0 Å². The van der Waals surface area contributed by atoms with Crippen molar-refractivity contribution in [3.05, 3.63) is 35.4 Å². The molecule has 1 unspecified atom stereocenters. The lowest BCUT2D eigenvalue weighted by atomic mass is 9.86. The highest BCUT2D eigenvalue weighted by molar-refractivity contribution is 5.72. The molecule has 1 amide bonds. The Morgan fingerprint density at radius 1 is 1.09 bits per heavy atom. The molecule has 128 valence electrons. The van der Waals surface area contributed by atoms with Crippen LogP contribution in [0.3, 0.4) is 0 Å². The van der Waals surface area contributed by atoms with Crippen molar-refractivity contribution in [3.63, 3.8) is 0 Å². The number of carboxylic acids is 1. The van der Waals surface area contributed by atoms with Gasteiger partial charge < -0.3 is 15.2 Å². The van der Waals surface area contributed by atoms with Crippen LogP contribution in [0.1, 0.15) is 65.1 Å². The maximum absolute atomic E-state index is 11.9. The number of rotatable bonds is 4. The molecule has 0 spiro atoms. The maximum atomic E-state index is 11.9. The van der Waals surface area contributed by atoms with Gasteiger partial charge in [-0.2, -0.15) is 0 Å². The molecule has 1 rings (SSSR count). The summed E-state index contributed by atoms with van der Waals surface area (Å²) < 4.78 is 5.21. The second-order valence-electron chi connectivity index (χ2n) is 7.67. The van der Waals surface area contributed by atoms with Gasteiger partial charge in [0.1, 0.15) is 5.60 Å². The Labute approximate surface area is 138 Å². The molecule has 5 heteroatoms. The number of hydrogen-bond donors (Lipinski definition) is 2. The highest BCUT2D eigenvalue weighted by Gasteiger charge is 2.23. The molecule has 1 aromatic carbocycles. The Balaban J connectivity index is 2.94. The first-order valence-electron chi connectivity index (χ1n) is 7.70. The van der Waals surface area contributed by atoms with E-state index in [0.29, 0.717) is 0 Å². The first kappa shape index (κ1) is 19.0. The second-order valence-corrected chi connectivity index (χ2v) is 7.67. The largest absolute Gasteiger partial charge is 0.481 e. The second kappa shape index (κ2) is 7.02. The Bertz CT molecular complexity index is 550. The summed E-state index contributed by atoms with van der Waals surface area (Å²) in [7, 11) is 0. The van der Waals surface area contributed by atoms with Crippen LogP contribution < -0.4 is 5.32 Å². The zero-order chi connectivity index (χ0) is 17.8. The molecule has 2 N–H and O–H groups in total. The Morgan fingerprint density at radius 2 is 1.61 bits per heavy atom. The summed E-state index contributed by atoms with van der Waals surface area (Å²) in [6.45, 7) is 11.6. The summed E-state index contributed by atoms with van der Waals surface area (Å²) in [5.74, 6) is -0.981. The molecule has 0 heterocycles. The molecule has 23 heavy (non-hydrogen) atoms. The fourth-order valence-electron chi connectivity index (χ4n) is 2.09. The number of ether oxygens (including phenoxy) is 1. The summed E-state index contributed by atoms with van der Waals surface area (Å²) >= 11 is 0. The Hall–Kier alpha value is -2.04. The van der Waals surface area contributed by atoms with Crippen LogP contribution in [-0.4, -0.2) is 22.8 Å². The summed E-state index contributed by atoms with van der Waals surface area (Å²) in [6.07, 6.45) is -0.822. The highest BCUT2D eigenvalue weighted by Crippen LogP contribution is 2.25. The fraction of sp³-hybridized carbons (Fsp3) is 0.556. The van der Waals surface area contributed by atoms with Gasteiger partial charge in [-0.15, -0.1) is 0 Å². The Morgan fingerprint density at radius 3 is 2.00 bits per heavy atom. The third-order valence-corrected chi connectivity index (χ3v) is 3.25. The number of aliphatic carboxylic acids is 1. The van der Waals surface area contributed by atoms with Gasteiger partial charge in [0.15, 0.2) is 0 Å². The van der Waals surface area contributed by atoms with Gasteiger partial charge in [-0.05, 0) is 37.3 Å². The van der Waals surface area contributed by atoms with E-state index in [1.165, 1.54) is 0 Å². The van der Waals surface area contributed by atoms with E-state index >= 15 is 0 Å². The smallest absolute Gasteiger partial charge is 0.408 e. The summed E-state index contributed by atoms with van der Waals surface area (Å²) in [5.41, 5.74) is 1.27. The topological polar surface area (TPSA) is 75.6 Å². The Kier molecular flexibility index (Phi) is 5.81. The van der Waals surface area contributed by atoms with Crippen LogP contribution in [0.15, 0.2) is 24.3 Å². The predicted octanol–water partition coefficient (Wildman–Crippen LogP) is 4.02. The SMILES string of the molecule is CC(C)(C)OC(=O)NC(CC(=O)O)c1ccc(C(C)(C)C)cc1. The van der Waals surface area contributed by atoms with E-state index in [0.717, 1.165) is 11.1 Å². The fourth-order valence-corrected chi connectivity index (χ4v) is 2.09. The van der Waals surface area contributed by atoms with E-state index in [-0.39, 0.29) is 11.8 Å². The van der Waals surface area contributed by atoms with Crippen LogP contribution in [-0.2, 0) is 14.9 Å². The molecule has 1 aromatic rings. The number of nitrogens with one attached hydrogen (secondary N) is 1. The molecule has 0 aliphatic heterocycles. The molecule has 5 nitrogen and oxygen atoms in total. The number of benzene rings is 1. The van der Waals surface area contributed by atoms with Crippen molar-refractivity contribution in [2.75, 3.05) is 0 Å². The lowest BCUT2D eigenvalue weighted by Crippen LogP contribution is -2.35. The van der Waals surface area contributed by atoms with Crippen LogP contribution in [0, 0.1) is 0 Å². The number of hydrogen-bond acceptors (Lipinski definition) is 3. The third-order valence-electron chi connectivity index (χ3n) is 3.25. The van der Waals surface area contributed by atoms with E-state index < -0.39 is 23.7 Å². The number of amides is 1. The minimum absolute atomic E-state index is 0.0133. The molecule has 0 aliphatic rings. The van der Waals surface area contributed by atoms with Crippen molar-refractivity contribution < 1.29 is 19.4 Å². The predicted molar refractivity (Wildman–Crippen MR) is 89.5 cm³/mol. The monoisotopic (exact) mass is 321 g/mol. The number of carbonyl (C=O) groups is 2. The van der Waals surface area contributed by atoms with Crippen LogP contribution in [0.5, 0.6) is 0 Å². The van der Waals surface area contributed by atoms with Crippen molar-refractivity contribution in [1.29, 1.82) is 0 Å². The molecule has 0 aliphatic carbocycles. The van der Waals surface area contributed by atoms with E-state index in [1.54, 1.807) is 20.8 Å².